The Bertz CT molecular complexity index is 324. The molecule has 102 valence electrons. The maximum absolute atomic E-state index is 5.74. The number of nitrogens with one attached hydrogen (secondary N) is 1. The Balaban J connectivity index is 2.34. The summed E-state index contributed by atoms with van der Waals surface area (Å²) in [4.78, 5) is 0. The van der Waals surface area contributed by atoms with E-state index < -0.39 is 0 Å². The van der Waals surface area contributed by atoms with E-state index in [-0.39, 0.29) is 0 Å². The van der Waals surface area contributed by atoms with Gasteiger partial charge in [0.1, 0.15) is 6.61 Å². The summed E-state index contributed by atoms with van der Waals surface area (Å²) in [6.45, 7) is 8.57. The normalized spacial score (nSPS) is 10.7. The summed E-state index contributed by atoms with van der Waals surface area (Å²) in [6.07, 6.45) is 2.32. The predicted octanol–water partition coefficient (Wildman–Crippen LogP) is 3.24. The molecular formula is C15H25NO2. The zero-order valence-corrected chi connectivity index (χ0v) is 11.7. The monoisotopic (exact) mass is 251 g/mol. The first-order valence-electron chi connectivity index (χ1n) is 6.89. The molecule has 0 spiro atoms. The Hall–Kier alpha value is -1.22. The van der Waals surface area contributed by atoms with Crippen molar-refractivity contribution in [3.8, 4) is 11.5 Å². The van der Waals surface area contributed by atoms with Gasteiger partial charge in [0.2, 0.25) is 0 Å². The molecule has 0 unspecified atom stereocenters. The van der Waals surface area contributed by atoms with E-state index in [1.165, 1.54) is 0 Å². The van der Waals surface area contributed by atoms with Gasteiger partial charge in [0.05, 0.1) is 6.61 Å². The molecule has 0 aromatic heterocycles. The maximum Gasteiger partial charge on any atom is 0.161 e. The fraction of sp³-hybridized carbons (Fsp3) is 0.600. The lowest BCUT2D eigenvalue weighted by Crippen LogP contribution is -2.31. The molecule has 18 heavy (non-hydrogen) atoms. The quantitative estimate of drug-likeness (QED) is 0.683. The van der Waals surface area contributed by atoms with Crippen molar-refractivity contribution in [3.05, 3.63) is 24.3 Å². The van der Waals surface area contributed by atoms with Crippen molar-refractivity contribution in [2.75, 3.05) is 19.8 Å². The molecule has 0 bridgehead atoms. The molecule has 0 aliphatic carbocycles. The predicted molar refractivity (Wildman–Crippen MR) is 75.5 cm³/mol. The third kappa shape index (κ3) is 4.96. The molecule has 3 nitrogen and oxygen atoms in total. The molecule has 0 fully saturated rings. The third-order valence-electron chi connectivity index (χ3n) is 2.93. The molecule has 0 radical (unpaired) electrons. The summed E-state index contributed by atoms with van der Waals surface area (Å²) in [6, 6.07) is 8.40. The Morgan fingerprint density at radius 2 is 1.61 bits per heavy atom. The maximum atomic E-state index is 5.74. The van der Waals surface area contributed by atoms with E-state index >= 15 is 0 Å². The first kappa shape index (κ1) is 14.8. The van der Waals surface area contributed by atoms with Crippen molar-refractivity contribution in [2.45, 2.75) is 39.7 Å². The van der Waals surface area contributed by atoms with Crippen LogP contribution in [-0.2, 0) is 0 Å². The van der Waals surface area contributed by atoms with Gasteiger partial charge in [0.25, 0.3) is 0 Å². The van der Waals surface area contributed by atoms with Crippen LogP contribution in [0.25, 0.3) is 0 Å². The summed E-state index contributed by atoms with van der Waals surface area (Å²) in [5.74, 6) is 1.65. The van der Waals surface area contributed by atoms with Crippen LogP contribution in [0, 0.1) is 0 Å². The fourth-order valence-corrected chi connectivity index (χ4v) is 1.85. The van der Waals surface area contributed by atoms with Gasteiger partial charge in [-0.05, 0) is 31.9 Å². The minimum Gasteiger partial charge on any atom is -0.490 e. The van der Waals surface area contributed by atoms with Crippen LogP contribution < -0.4 is 14.8 Å². The fourth-order valence-electron chi connectivity index (χ4n) is 1.85. The second-order valence-electron chi connectivity index (χ2n) is 4.20. The molecule has 1 aromatic rings. The van der Waals surface area contributed by atoms with E-state index in [9.17, 15) is 0 Å². The van der Waals surface area contributed by atoms with E-state index in [0.29, 0.717) is 19.3 Å². The zero-order valence-electron chi connectivity index (χ0n) is 11.7. The SMILES string of the molecule is CCOc1ccccc1OCCNC(CC)CC. The van der Waals surface area contributed by atoms with Crippen LogP contribution in [0.2, 0.25) is 0 Å². The van der Waals surface area contributed by atoms with Gasteiger partial charge in [-0.3, -0.25) is 0 Å². The third-order valence-corrected chi connectivity index (χ3v) is 2.93. The first-order valence-corrected chi connectivity index (χ1v) is 6.89. The molecule has 3 heteroatoms. The van der Waals surface area contributed by atoms with E-state index in [1.54, 1.807) is 0 Å². The highest BCUT2D eigenvalue weighted by Crippen LogP contribution is 2.25. The molecule has 0 heterocycles. The van der Waals surface area contributed by atoms with Gasteiger partial charge in [0, 0.05) is 12.6 Å². The van der Waals surface area contributed by atoms with Crippen LogP contribution in [0.3, 0.4) is 0 Å². The summed E-state index contributed by atoms with van der Waals surface area (Å²) < 4.78 is 11.3. The lowest BCUT2D eigenvalue weighted by atomic mass is 10.2. The lowest BCUT2D eigenvalue weighted by molar-refractivity contribution is 0.270. The molecule has 0 saturated carbocycles. The summed E-state index contributed by atoms with van der Waals surface area (Å²) in [5, 5.41) is 3.47. The molecule has 0 saturated heterocycles. The van der Waals surface area contributed by atoms with E-state index in [4.69, 9.17) is 9.47 Å². The van der Waals surface area contributed by atoms with Crippen LogP contribution in [0.4, 0.5) is 0 Å². The van der Waals surface area contributed by atoms with Gasteiger partial charge >= 0.3 is 0 Å². The molecule has 0 amide bonds. The molecule has 1 aromatic carbocycles. The van der Waals surface area contributed by atoms with Crippen molar-refractivity contribution in [1.29, 1.82) is 0 Å². The van der Waals surface area contributed by atoms with Gasteiger partial charge in [-0.2, -0.15) is 0 Å². The molecule has 0 aliphatic rings. The topological polar surface area (TPSA) is 30.5 Å². The summed E-state index contributed by atoms with van der Waals surface area (Å²) in [7, 11) is 0. The lowest BCUT2D eigenvalue weighted by Gasteiger charge is -2.16. The molecule has 0 aliphatic heterocycles. The molecule has 0 atom stereocenters. The average molecular weight is 251 g/mol. The largest absolute Gasteiger partial charge is 0.490 e. The van der Waals surface area contributed by atoms with E-state index in [2.05, 4.69) is 19.2 Å². The van der Waals surface area contributed by atoms with Crippen LogP contribution in [-0.4, -0.2) is 25.8 Å². The highest BCUT2D eigenvalue weighted by atomic mass is 16.5. The van der Waals surface area contributed by atoms with Crippen LogP contribution >= 0.6 is 0 Å². The number of para-hydroxylation sites is 2. The second kappa shape index (κ2) is 8.81. The van der Waals surface area contributed by atoms with Gasteiger partial charge in [0.15, 0.2) is 11.5 Å². The number of hydrogen-bond donors (Lipinski definition) is 1. The minimum atomic E-state index is 0.593. The van der Waals surface area contributed by atoms with Crippen LogP contribution in [0.5, 0.6) is 11.5 Å². The van der Waals surface area contributed by atoms with E-state index in [1.807, 2.05) is 31.2 Å². The Morgan fingerprint density at radius 1 is 1.00 bits per heavy atom. The molecule has 1 N–H and O–H groups in total. The van der Waals surface area contributed by atoms with Crippen LogP contribution in [0.15, 0.2) is 24.3 Å². The highest BCUT2D eigenvalue weighted by Gasteiger charge is 2.04. The minimum absolute atomic E-state index is 0.593. The number of hydrogen-bond acceptors (Lipinski definition) is 3. The summed E-state index contributed by atoms with van der Waals surface area (Å²) >= 11 is 0. The van der Waals surface area contributed by atoms with Crippen molar-refractivity contribution in [3.63, 3.8) is 0 Å². The van der Waals surface area contributed by atoms with Crippen molar-refractivity contribution in [2.24, 2.45) is 0 Å². The van der Waals surface area contributed by atoms with E-state index in [0.717, 1.165) is 30.9 Å². The first-order chi connectivity index (χ1) is 8.81. The smallest absolute Gasteiger partial charge is 0.161 e. The Labute approximate surface area is 110 Å². The van der Waals surface area contributed by atoms with Crippen molar-refractivity contribution < 1.29 is 9.47 Å². The Morgan fingerprint density at radius 3 is 2.17 bits per heavy atom. The number of benzene rings is 1. The van der Waals surface area contributed by atoms with Crippen LogP contribution in [0.1, 0.15) is 33.6 Å². The number of ether oxygens (including phenoxy) is 2. The second-order valence-corrected chi connectivity index (χ2v) is 4.20. The van der Waals surface area contributed by atoms with Gasteiger partial charge in [-0.15, -0.1) is 0 Å². The average Bonchev–Trinajstić information content (AvgIpc) is 2.41. The van der Waals surface area contributed by atoms with Crippen molar-refractivity contribution >= 4 is 0 Å². The Kier molecular flexibility index (Phi) is 7.26. The standard InChI is InChI=1S/C15H25NO2/c1-4-13(5-2)16-11-12-18-15-10-8-7-9-14(15)17-6-3/h7-10,13,16H,4-6,11-12H2,1-3H3. The molecule has 1 rings (SSSR count). The van der Waals surface area contributed by atoms with Crippen molar-refractivity contribution in [1.82, 2.24) is 5.32 Å². The van der Waals surface area contributed by atoms with Gasteiger partial charge in [-0.1, -0.05) is 26.0 Å². The highest BCUT2D eigenvalue weighted by molar-refractivity contribution is 5.39. The van der Waals surface area contributed by atoms with Gasteiger partial charge in [-0.25, -0.2) is 0 Å². The zero-order chi connectivity index (χ0) is 13.2. The van der Waals surface area contributed by atoms with Gasteiger partial charge < -0.3 is 14.8 Å². The molecular weight excluding hydrogens is 226 g/mol. The summed E-state index contributed by atoms with van der Waals surface area (Å²) in [5.41, 5.74) is 0. The number of rotatable bonds is 9.